The van der Waals surface area contributed by atoms with Crippen molar-refractivity contribution in [2.45, 2.75) is 25.5 Å². The van der Waals surface area contributed by atoms with Gasteiger partial charge in [-0.15, -0.1) is 0 Å². The highest BCUT2D eigenvalue weighted by molar-refractivity contribution is 5.98. The Morgan fingerprint density at radius 2 is 2.05 bits per heavy atom. The van der Waals surface area contributed by atoms with Crippen LogP contribution in [0.4, 0.5) is 0 Å². The first kappa shape index (κ1) is 13.5. The molecule has 1 saturated heterocycles. The summed E-state index contributed by atoms with van der Waals surface area (Å²) >= 11 is 0. The van der Waals surface area contributed by atoms with Crippen LogP contribution in [0.25, 0.3) is 0 Å². The van der Waals surface area contributed by atoms with E-state index in [0.717, 1.165) is 5.56 Å². The van der Waals surface area contributed by atoms with E-state index < -0.39 is 12.0 Å². The van der Waals surface area contributed by atoms with Crippen LogP contribution in [0.2, 0.25) is 0 Å². The standard InChI is InChI=1S/C14H17NO4/c1-9-5-3-4-6-11(9)13(16)15-8-10(19-2)7-12(15)14(17)18/h3-6,10,12H,7-8H2,1-2H3,(H,17,18). The number of rotatable bonds is 3. The summed E-state index contributed by atoms with van der Waals surface area (Å²) in [6.07, 6.45) is 0.123. The van der Waals surface area contributed by atoms with E-state index in [1.807, 2.05) is 19.1 Å². The third-order valence-corrected chi connectivity index (χ3v) is 3.52. The van der Waals surface area contributed by atoms with Gasteiger partial charge in [-0.1, -0.05) is 18.2 Å². The molecular weight excluding hydrogens is 246 g/mol. The van der Waals surface area contributed by atoms with Gasteiger partial charge in [0.2, 0.25) is 0 Å². The monoisotopic (exact) mass is 263 g/mol. The molecule has 0 aliphatic carbocycles. The maximum absolute atomic E-state index is 12.5. The minimum absolute atomic E-state index is 0.214. The number of carboxylic acids is 1. The van der Waals surface area contributed by atoms with Crippen molar-refractivity contribution in [2.24, 2.45) is 0 Å². The van der Waals surface area contributed by atoms with Crippen LogP contribution < -0.4 is 0 Å². The Labute approximate surface area is 111 Å². The molecule has 1 N–H and O–H groups in total. The second-order valence-corrected chi connectivity index (χ2v) is 4.72. The molecule has 5 heteroatoms. The van der Waals surface area contributed by atoms with Crippen LogP contribution >= 0.6 is 0 Å². The number of amides is 1. The third-order valence-electron chi connectivity index (χ3n) is 3.52. The maximum atomic E-state index is 12.5. The van der Waals surface area contributed by atoms with Gasteiger partial charge in [0.25, 0.3) is 5.91 Å². The van der Waals surface area contributed by atoms with Gasteiger partial charge < -0.3 is 14.7 Å². The summed E-state index contributed by atoms with van der Waals surface area (Å²) in [6, 6.07) is 6.38. The fourth-order valence-electron chi connectivity index (χ4n) is 2.39. The maximum Gasteiger partial charge on any atom is 0.326 e. The third kappa shape index (κ3) is 2.61. The van der Waals surface area contributed by atoms with Crippen molar-refractivity contribution >= 4 is 11.9 Å². The van der Waals surface area contributed by atoms with Gasteiger partial charge in [0.15, 0.2) is 0 Å². The summed E-state index contributed by atoms with van der Waals surface area (Å²) in [5, 5.41) is 9.21. The molecule has 1 amide bonds. The van der Waals surface area contributed by atoms with Crippen molar-refractivity contribution in [2.75, 3.05) is 13.7 Å². The molecule has 1 aliphatic heterocycles. The lowest BCUT2D eigenvalue weighted by Gasteiger charge is -2.22. The van der Waals surface area contributed by atoms with E-state index in [0.29, 0.717) is 18.5 Å². The lowest BCUT2D eigenvalue weighted by molar-refractivity contribution is -0.141. The summed E-state index contributed by atoms with van der Waals surface area (Å²) in [6.45, 7) is 2.16. The van der Waals surface area contributed by atoms with Gasteiger partial charge in [-0.2, -0.15) is 0 Å². The fourth-order valence-corrected chi connectivity index (χ4v) is 2.39. The average molecular weight is 263 g/mol. The van der Waals surface area contributed by atoms with Crippen LogP contribution in [0.15, 0.2) is 24.3 Å². The van der Waals surface area contributed by atoms with Crippen LogP contribution in [0, 0.1) is 6.92 Å². The molecular formula is C14H17NO4. The van der Waals surface area contributed by atoms with Crippen LogP contribution in [0.3, 0.4) is 0 Å². The van der Waals surface area contributed by atoms with Gasteiger partial charge >= 0.3 is 5.97 Å². The Bertz CT molecular complexity index is 500. The largest absolute Gasteiger partial charge is 0.480 e. The number of hydrogen-bond donors (Lipinski definition) is 1. The number of aryl methyl sites for hydroxylation is 1. The molecule has 1 heterocycles. The summed E-state index contributed by atoms with van der Waals surface area (Å²) in [4.78, 5) is 25.1. The second-order valence-electron chi connectivity index (χ2n) is 4.72. The summed E-state index contributed by atoms with van der Waals surface area (Å²) in [5.74, 6) is -1.23. The number of carbonyl (C=O) groups excluding carboxylic acids is 1. The van der Waals surface area contributed by atoms with E-state index >= 15 is 0 Å². The van der Waals surface area contributed by atoms with Crippen molar-refractivity contribution in [1.29, 1.82) is 0 Å². The molecule has 1 fully saturated rings. The Morgan fingerprint density at radius 1 is 1.37 bits per heavy atom. The number of methoxy groups -OCH3 is 1. The number of nitrogens with zero attached hydrogens (tertiary/aromatic N) is 1. The Hall–Kier alpha value is -1.88. The van der Waals surface area contributed by atoms with E-state index in [-0.39, 0.29) is 12.0 Å². The van der Waals surface area contributed by atoms with Gasteiger partial charge in [-0.25, -0.2) is 4.79 Å². The summed E-state index contributed by atoms with van der Waals surface area (Å²) in [7, 11) is 1.53. The number of likely N-dealkylation sites (tertiary alicyclic amines) is 1. The van der Waals surface area contributed by atoms with Crippen molar-refractivity contribution in [3.8, 4) is 0 Å². The topological polar surface area (TPSA) is 66.8 Å². The first-order chi connectivity index (χ1) is 9.04. The second kappa shape index (κ2) is 5.40. The molecule has 2 atom stereocenters. The van der Waals surface area contributed by atoms with E-state index in [2.05, 4.69) is 0 Å². The molecule has 5 nitrogen and oxygen atoms in total. The molecule has 102 valence electrons. The van der Waals surface area contributed by atoms with Crippen molar-refractivity contribution in [3.05, 3.63) is 35.4 Å². The molecule has 0 radical (unpaired) electrons. The fraction of sp³-hybridized carbons (Fsp3) is 0.429. The molecule has 19 heavy (non-hydrogen) atoms. The number of ether oxygens (including phenoxy) is 1. The molecule has 1 aromatic rings. The molecule has 0 aromatic heterocycles. The number of benzene rings is 1. The quantitative estimate of drug-likeness (QED) is 0.892. The highest BCUT2D eigenvalue weighted by Crippen LogP contribution is 2.23. The molecule has 0 bridgehead atoms. The van der Waals surface area contributed by atoms with Gasteiger partial charge in [0.05, 0.1) is 6.10 Å². The summed E-state index contributed by atoms with van der Waals surface area (Å²) < 4.78 is 5.18. The Morgan fingerprint density at radius 3 is 2.63 bits per heavy atom. The zero-order chi connectivity index (χ0) is 14.0. The van der Waals surface area contributed by atoms with E-state index in [9.17, 15) is 14.7 Å². The van der Waals surface area contributed by atoms with E-state index in [1.165, 1.54) is 12.0 Å². The predicted molar refractivity (Wildman–Crippen MR) is 69.1 cm³/mol. The minimum Gasteiger partial charge on any atom is -0.480 e. The van der Waals surface area contributed by atoms with Crippen molar-refractivity contribution in [3.63, 3.8) is 0 Å². The smallest absolute Gasteiger partial charge is 0.326 e. The summed E-state index contributed by atoms with van der Waals surface area (Å²) in [5.41, 5.74) is 1.39. The van der Waals surface area contributed by atoms with Crippen LogP contribution in [-0.4, -0.2) is 47.7 Å². The van der Waals surface area contributed by atoms with Crippen molar-refractivity contribution in [1.82, 2.24) is 4.90 Å². The number of carboxylic acid groups (broad SMARTS) is 1. The first-order valence-corrected chi connectivity index (χ1v) is 6.16. The van der Waals surface area contributed by atoms with E-state index in [4.69, 9.17) is 4.74 Å². The highest BCUT2D eigenvalue weighted by Gasteiger charge is 2.40. The molecule has 0 spiro atoms. The van der Waals surface area contributed by atoms with Crippen molar-refractivity contribution < 1.29 is 19.4 Å². The van der Waals surface area contributed by atoms with Gasteiger partial charge in [0.1, 0.15) is 6.04 Å². The number of hydrogen-bond acceptors (Lipinski definition) is 3. The normalized spacial score (nSPS) is 22.5. The minimum atomic E-state index is -0.985. The highest BCUT2D eigenvalue weighted by atomic mass is 16.5. The Kier molecular flexibility index (Phi) is 3.85. The zero-order valence-electron chi connectivity index (χ0n) is 11.0. The molecule has 1 aliphatic rings. The molecule has 0 saturated carbocycles. The van der Waals surface area contributed by atoms with Crippen LogP contribution in [0.5, 0.6) is 0 Å². The van der Waals surface area contributed by atoms with Gasteiger partial charge in [-0.3, -0.25) is 4.79 Å². The van der Waals surface area contributed by atoms with Crippen LogP contribution in [-0.2, 0) is 9.53 Å². The lowest BCUT2D eigenvalue weighted by atomic mass is 10.1. The molecule has 2 rings (SSSR count). The molecule has 1 aromatic carbocycles. The predicted octanol–water partition coefficient (Wildman–Crippen LogP) is 1.31. The average Bonchev–Trinajstić information content (AvgIpc) is 2.83. The molecule has 2 unspecified atom stereocenters. The number of carbonyl (C=O) groups is 2. The number of aliphatic carboxylic acids is 1. The zero-order valence-corrected chi connectivity index (χ0v) is 11.0. The Balaban J connectivity index is 2.27. The van der Waals surface area contributed by atoms with E-state index in [1.54, 1.807) is 12.1 Å². The van der Waals surface area contributed by atoms with Crippen LogP contribution in [0.1, 0.15) is 22.3 Å². The van der Waals surface area contributed by atoms with Gasteiger partial charge in [-0.05, 0) is 18.6 Å². The SMILES string of the molecule is COC1CC(C(=O)O)N(C(=O)c2ccccc2C)C1. The lowest BCUT2D eigenvalue weighted by Crippen LogP contribution is -2.40. The first-order valence-electron chi connectivity index (χ1n) is 6.16. The van der Waals surface area contributed by atoms with Gasteiger partial charge in [0, 0.05) is 25.6 Å².